The van der Waals surface area contributed by atoms with E-state index in [1.807, 2.05) is 25.1 Å². The van der Waals surface area contributed by atoms with Crippen molar-refractivity contribution in [2.24, 2.45) is 5.73 Å². The highest BCUT2D eigenvalue weighted by Gasteiger charge is 2.24. The fourth-order valence-corrected chi connectivity index (χ4v) is 4.30. The lowest BCUT2D eigenvalue weighted by atomic mass is 9.99. The smallest absolute Gasteiger partial charge is 0.213 e. The molecule has 10 nitrogen and oxygen atoms in total. The maximum absolute atomic E-state index is 9.56. The predicted molar refractivity (Wildman–Crippen MR) is 141 cm³/mol. The number of pyridine rings is 1. The third-order valence-electron chi connectivity index (χ3n) is 6.37. The molecule has 1 fully saturated rings. The number of aromatic nitrogens is 3. The van der Waals surface area contributed by atoms with Crippen molar-refractivity contribution in [1.29, 1.82) is 0 Å². The summed E-state index contributed by atoms with van der Waals surface area (Å²) in [5.74, 6) is 2.76. The Kier molecular flexibility index (Phi) is 11.2. The molecule has 3 rings (SSSR count). The molecule has 3 heterocycles. The fraction of sp³-hybridized carbons (Fsp3) is 0.577. The van der Waals surface area contributed by atoms with Gasteiger partial charge >= 0.3 is 0 Å². The molecule has 1 saturated heterocycles. The predicted octanol–water partition coefficient (Wildman–Crippen LogP) is 3.32. The van der Waals surface area contributed by atoms with Crippen LogP contribution in [0.1, 0.15) is 56.8 Å². The van der Waals surface area contributed by atoms with Gasteiger partial charge in [0.25, 0.3) is 0 Å². The summed E-state index contributed by atoms with van der Waals surface area (Å²) in [4.78, 5) is 16.3. The van der Waals surface area contributed by atoms with Crippen molar-refractivity contribution in [3.05, 3.63) is 42.0 Å². The number of aliphatic hydroxyl groups is 1. The van der Waals surface area contributed by atoms with Gasteiger partial charge in [-0.1, -0.05) is 13.0 Å². The third-order valence-corrected chi connectivity index (χ3v) is 6.37. The Bertz CT molecular complexity index is 950. The number of piperidine rings is 1. The van der Waals surface area contributed by atoms with E-state index in [0.717, 1.165) is 55.0 Å². The first-order valence-corrected chi connectivity index (χ1v) is 12.7. The number of nitrogens with two attached hydrogens (primary N) is 1. The zero-order valence-electron chi connectivity index (χ0n) is 21.7. The summed E-state index contributed by atoms with van der Waals surface area (Å²) >= 11 is 0. The molecule has 0 amide bonds. The monoisotopic (exact) mass is 500 g/mol. The maximum atomic E-state index is 9.56. The molecule has 36 heavy (non-hydrogen) atoms. The molecule has 1 unspecified atom stereocenters. The van der Waals surface area contributed by atoms with Crippen LogP contribution >= 0.6 is 0 Å². The molecule has 2 aromatic rings. The van der Waals surface area contributed by atoms with Gasteiger partial charge in [-0.05, 0) is 37.7 Å². The van der Waals surface area contributed by atoms with Gasteiger partial charge in [-0.2, -0.15) is 0 Å². The van der Waals surface area contributed by atoms with Crippen LogP contribution < -0.4 is 20.7 Å². The maximum Gasteiger partial charge on any atom is 0.213 e. The van der Waals surface area contributed by atoms with Gasteiger partial charge < -0.3 is 35.3 Å². The Morgan fingerprint density at radius 1 is 1.28 bits per heavy atom. The number of anilines is 2. The topological polar surface area (TPSA) is 128 Å². The molecule has 0 bridgehead atoms. The number of hydrogen-bond acceptors (Lipinski definition) is 10. The zero-order chi connectivity index (χ0) is 25.8. The summed E-state index contributed by atoms with van der Waals surface area (Å²) in [6.45, 7) is 4.11. The first-order chi connectivity index (χ1) is 17.6. The van der Waals surface area contributed by atoms with Gasteiger partial charge in [0, 0.05) is 76.5 Å². The van der Waals surface area contributed by atoms with E-state index in [0.29, 0.717) is 31.3 Å². The average Bonchev–Trinajstić information content (AvgIpc) is 2.92. The van der Waals surface area contributed by atoms with Crippen molar-refractivity contribution in [2.45, 2.75) is 64.3 Å². The summed E-state index contributed by atoms with van der Waals surface area (Å²) in [6.07, 6.45) is 8.48. The highest BCUT2D eigenvalue weighted by molar-refractivity contribution is 5.63. The van der Waals surface area contributed by atoms with Crippen molar-refractivity contribution in [3.8, 4) is 5.88 Å². The van der Waals surface area contributed by atoms with Crippen LogP contribution in [0.4, 0.5) is 11.6 Å². The van der Waals surface area contributed by atoms with Crippen LogP contribution in [-0.4, -0.2) is 66.4 Å². The van der Waals surface area contributed by atoms with Crippen LogP contribution in [0, 0.1) is 0 Å². The average molecular weight is 501 g/mol. The molecule has 1 atom stereocenters. The Morgan fingerprint density at radius 3 is 2.78 bits per heavy atom. The lowest BCUT2D eigenvalue weighted by molar-refractivity contribution is -0.110. The molecular formula is C26H40N6O4. The standard InChI is InChI=1S/C26H40N6O4/c1-4-20(16-27)26-30-22(15-23(31-26)32-12-6-5-7-21(32)10-13-33)28-17-19-8-9-24(29-18-19)36-14-11-25(34-2)35-3/h8-9,15-16,18,21,25,33H,4-7,10-14,17,27H2,1-3H3,(H,28,30,31). The molecule has 0 aliphatic carbocycles. The Labute approximate surface area is 213 Å². The number of aliphatic hydroxyl groups excluding tert-OH is 1. The summed E-state index contributed by atoms with van der Waals surface area (Å²) < 4.78 is 16.0. The normalized spacial score (nSPS) is 16.4. The molecule has 4 N–H and O–H groups in total. The SMILES string of the molecule is CCC(=CN)c1nc(NCc2ccc(OCCC(OC)OC)nc2)cc(N2CCCCC2CCO)n1. The molecule has 2 aromatic heterocycles. The largest absolute Gasteiger partial charge is 0.477 e. The molecular weight excluding hydrogens is 460 g/mol. The molecule has 198 valence electrons. The Hall–Kier alpha value is -2.95. The number of allylic oxidation sites excluding steroid dienone is 1. The van der Waals surface area contributed by atoms with Gasteiger partial charge in [0.05, 0.1) is 6.61 Å². The summed E-state index contributed by atoms with van der Waals surface area (Å²) in [6, 6.07) is 6.07. The minimum absolute atomic E-state index is 0.166. The van der Waals surface area contributed by atoms with Crippen molar-refractivity contribution >= 4 is 17.2 Å². The summed E-state index contributed by atoms with van der Waals surface area (Å²) in [5.41, 5.74) is 7.76. The van der Waals surface area contributed by atoms with Gasteiger partial charge in [0.1, 0.15) is 11.6 Å². The highest BCUT2D eigenvalue weighted by Crippen LogP contribution is 2.28. The van der Waals surface area contributed by atoms with Crippen molar-refractivity contribution in [3.63, 3.8) is 0 Å². The number of rotatable bonds is 14. The van der Waals surface area contributed by atoms with Gasteiger partial charge in [-0.15, -0.1) is 0 Å². The number of ether oxygens (including phenoxy) is 3. The number of nitrogens with one attached hydrogen (secondary N) is 1. The van der Waals surface area contributed by atoms with Crippen LogP contribution in [0.5, 0.6) is 5.88 Å². The Morgan fingerprint density at radius 2 is 2.11 bits per heavy atom. The lowest BCUT2D eigenvalue weighted by Gasteiger charge is -2.36. The first-order valence-electron chi connectivity index (χ1n) is 12.7. The van der Waals surface area contributed by atoms with Crippen molar-refractivity contribution < 1.29 is 19.3 Å². The minimum Gasteiger partial charge on any atom is -0.477 e. The second-order valence-corrected chi connectivity index (χ2v) is 8.73. The van der Waals surface area contributed by atoms with Gasteiger partial charge in [0.2, 0.25) is 5.88 Å². The molecule has 1 aliphatic heterocycles. The molecule has 0 spiro atoms. The number of nitrogens with zero attached hydrogens (tertiary/aromatic N) is 4. The molecule has 1 aliphatic rings. The molecule has 0 saturated carbocycles. The highest BCUT2D eigenvalue weighted by atomic mass is 16.7. The first kappa shape index (κ1) is 27.6. The van der Waals surface area contributed by atoms with Crippen LogP contribution in [0.2, 0.25) is 0 Å². The van der Waals surface area contributed by atoms with E-state index in [1.54, 1.807) is 26.6 Å². The van der Waals surface area contributed by atoms with E-state index in [2.05, 4.69) is 15.2 Å². The summed E-state index contributed by atoms with van der Waals surface area (Å²) in [7, 11) is 3.21. The van der Waals surface area contributed by atoms with Crippen molar-refractivity contribution in [2.75, 3.05) is 44.2 Å². The van der Waals surface area contributed by atoms with E-state index >= 15 is 0 Å². The minimum atomic E-state index is -0.290. The number of hydrogen-bond donors (Lipinski definition) is 3. The van der Waals surface area contributed by atoms with E-state index in [9.17, 15) is 5.11 Å². The van der Waals surface area contributed by atoms with Gasteiger partial charge in [0.15, 0.2) is 12.1 Å². The quantitative estimate of drug-likeness (QED) is 0.332. The van der Waals surface area contributed by atoms with Crippen molar-refractivity contribution in [1.82, 2.24) is 15.0 Å². The molecule has 0 aromatic carbocycles. The van der Waals surface area contributed by atoms with Gasteiger partial charge in [-0.3, -0.25) is 0 Å². The second-order valence-electron chi connectivity index (χ2n) is 8.73. The third kappa shape index (κ3) is 7.78. The van der Waals surface area contributed by atoms with Crippen LogP contribution in [0.25, 0.3) is 5.57 Å². The zero-order valence-corrected chi connectivity index (χ0v) is 21.7. The molecule has 10 heteroatoms. The van der Waals surface area contributed by atoms with E-state index in [1.165, 1.54) is 6.42 Å². The molecule has 0 radical (unpaired) electrons. The van der Waals surface area contributed by atoms with Crippen LogP contribution in [0.3, 0.4) is 0 Å². The van der Waals surface area contributed by atoms with E-state index < -0.39 is 0 Å². The van der Waals surface area contributed by atoms with E-state index in [-0.39, 0.29) is 18.9 Å². The van der Waals surface area contributed by atoms with E-state index in [4.69, 9.17) is 29.9 Å². The number of methoxy groups -OCH3 is 2. The van der Waals surface area contributed by atoms with Crippen LogP contribution in [0.15, 0.2) is 30.6 Å². The van der Waals surface area contributed by atoms with Crippen LogP contribution in [-0.2, 0) is 16.0 Å². The second kappa shape index (κ2) is 14.6. The lowest BCUT2D eigenvalue weighted by Crippen LogP contribution is -2.40. The fourth-order valence-electron chi connectivity index (χ4n) is 4.30. The van der Waals surface area contributed by atoms with Gasteiger partial charge in [-0.25, -0.2) is 15.0 Å². The summed E-state index contributed by atoms with van der Waals surface area (Å²) in [5, 5.41) is 13.0. The Balaban J connectivity index is 1.70.